The maximum Gasteiger partial charge on any atom is 0.224 e. The van der Waals surface area contributed by atoms with E-state index in [0.29, 0.717) is 29.8 Å². The molecule has 0 saturated carbocycles. The predicted molar refractivity (Wildman–Crippen MR) is 116 cm³/mol. The lowest BCUT2D eigenvalue weighted by atomic mass is 10.1. The molecule has 7 nitrogen and oxygen atoms in total. The molecule has 2 aromatic carbocycles. The van der Waals surface area contributed by atoms with Crippen molar-refractivity contribution < 1.29 is 14.3 Å². The summed E-state index contributed by atoms with van der Waals surface area (Å²) in [6.07, 6.45) is 2.02. The van der Waals surface area contributed by atoms with E-state index in [9.17, 15) is 14.7 Å². The number of nitrogens with zero attached hydrogens (tertiary/aromatic N) is 3. The number of para-hydroxylation sites is 1. The molecule has 1 N–H and O–H groups in total. The number of fused-ring (bicyclic) bond motifs is 1. The van der Waals surface area contributed by atoms with Crippen molar-refractivity contribution in [3.8, 4) is 0 Å². The second-order valence-electron chi connectivity index (χ2n) is 7.29. The number of benzene rings is 2. The van der Waals surface area contributed by atoms with Gasteiger partial charge in [0.05, 0.1) is 31.1 Å². The third-order valence-electron chi connectivity index (χ3n) is 5.13. The molecule has 0 aliphatic rings. The summed E-state index contributed by atoms with van der Waals surface area (Å²) < 4.78 is 6.95. The van der Waals surface area contributed by atoms with Crippen molar-refractivity contribution in [2.75, 3.05) is 6.54 Å². The first-order valence-electron chi connectivity index (χ1n) is 10.1. The number of amides is 1. The van der Waals surface area contributed by atoms with Gasteiger partial charge in [-0.25, -0.2) is 0 Å². The standard InChI is InChI=1S/C24H23N3O4/c28-21-15-25-27(20-10-5-4-9-19(20)21)13-12-24(30)26(16-18-7-2-1-3-8-18)17-22(29)23-11-6-14-31-23/h1-11,14-15,22,29H,12-13,16-17H2. The van der Waals surface area contributed by atoms with Crippen LogP contribution >= 0.6 is 0 Å². The molecule has 0 bridgehead atoms. The van der Waals surface area contributed by atoms with Gasteiger partial charge in [-0.3, -0.25) is 14.3 Å². The lowest BCUT2D eigenvalue weighted by molar-refractivity contribution is -0.133. The van der Waals surface area contributed by atoms with Gasteiger partial charge in [0.25, 0.3) is 0 Å². The molecule has 0 aliphatic carbocycles. The summed E-state index contributed by atoms with van der Waals surface area (Å²) in [7, 11) is 0. The largest absolute Gasteiger partial charge is 0.467 e. The number of furan rings is 1. The molecular weight excluding hydrogens is 394 g/mol. The second-order valence-corrected chi connectivity index (χ2v) is 7.29. The minimum Gasteiger partial charge on any atom is -0.467 e. The Bertz CT molecular complexity index is 1200. The van der Waals surface area contributed by atoms with E-state index in [1.807, 2.05) is 42.5 Å². The molecule has 0 radical (unpaired) electrons. The molecule has 2 aromatic heterocycles. The van der Waals surface area contributed by atoms with E-state index >= 15 is 0 Å². The second kappa shape index (κ2) is 9.40. The van der Waals surface area contributed by atoms with Gasteiger partial charge in [-0.15, -0.1) is 0 Å². The number of aliphatic hydroxyl groups excluding tert-OH is 1. The summed E-state index contributed by atoms with van der Waals surface area (Å²) in [4.78, 5) is 26.8. The highest BCUT2D eigenvalue weighted by atomic mass is 16.4. The molecule has 1 atom stereocenters. The average Bonchev–Trinajstić information content (AvgIpc) is 3.34. The maximum absolute atomic E-state index is 13.1. The Kier molecular flexibility index (Phi) is 6.24. The first-order valence-corrected chi connectivity index (χ1v) is 10.1. The quantitative estimate of drug-likeness (QED) is 0.476. The van der Waals surface area contributed by atoms with E-state index in [4.69, 9.17) is 4.42 Å². The zero-order valence-electron chi connectivity index (χ0n) is 16.9. The average molecular weight is 417 g/mol. The molecular formula is C24H23N3O4. The van der Waals surface area contributed by atoms with Crippen LogP contribution in [0.25, 0.3) is 10.9 Å². The normalized spacial score (nSPS) is 12.0. The highest BCUT2D eigenvalue weighted by molar-refractivity contribution is 5.79. The van der Waals surface area contributed by atoms with Crippen LogP contribution in [-0.2, 0) is 17.9 Å². The lowest BCUT2D eigenvalue weighted by Gasteiger charge is -2.25. The van der Waals surface area contributed by atoms with Crippen LogP contribution in [0.1, 0.15) is 23.8 Å². The molecule has 1 amide bonds. The van der Waals surface area contributed by atoms with Crippen molar-refractivity contribution in [3.05, 3.63) is 101 Å². The Morgan fingerprint density at radius 3 is 2.61 bits per heavy atom. The third-order valence-corrected chi connectivity index (χ3v) is 5.13. The first-order chi connectivity index (χ1) is 15.1. The van der Waals surface area contributed by atoms with Crippen molar-refractivity contribution >= 4 is 16.8 Å². The van der Waals surface area contributed by atoms with Gasteiger partial charge in [-0.05, 0) is 29.8 Å². The van der Waals surface area contributed by atoms with Crippen molar-refractivity contribution in [3.63, 3.8) is 0 Å². The molecule has 2 heterocycles. The fraction of sp³-hybridized carbons (Fsp3) is 0.208. The van der Waals surface area contributed by atoms with Crippen LogP contribution in [0.2, 0.25) is 0 Å². The smallest absolute Gasteiger partial charge is 0.224 e. The number of rotatable bonds is 8. The highest BCUT2D eigenvalue weighted by Crippen LogP contribution is 2.17. The number of carbonyl (C=O) groups is 1. The Hall–Kier alpha value is -3.71. The maximum atomic E-state index is 13.1. The van der Waals surface area contributed by atoms with Crippen molar-refractivity contribution in [2.45, 2.75) is 25.6 Å². The van der Waals surface area contributed by atoms with Crippen LogP contribution in [-0.4, -0.2) is 32.2 Å². The van der Waals surface area contributed by atoms with Crippen molar-refractivity contribution in [1.29, 1.82) is 0 Å². The number of aromatic nitrogens is 2. The summed E-state index contributed by atoms with van der Waals surface area (Å²) in [5.41, 5.74) is 1.51. The van der Waals surface area contributed by atoms with Crippen LogP contribution in [0.5, 0.6) is 0 Å². The first kappa shape index (κ1) is 20.6. The summed E-state index contributed by atoms with van der Waals surface area (Å²) in [6, 6.07) is 20.2. The van der Waals surface area contributed by atoms with Crippen LogP contribution in [0, 0.1) is 0 Å². The van der Waals surface area contributed by atoms with E-state index in [-0.39, 0.29) is 24.3 Å². The zero-order valence-corrected chi connectivity index (χ0v) is 16.9. The Balaban J connectivity index is 1.51. The lowest BCUT2D eigenvalue weighted by Crippen LogP contribution is -2.35. The molecule has 1 unspecified atom stereocenters. The molecule has 4 aromatic rings. The van der Waals surface area contributed by atoms with Crippen LogP contribution < -0.4 is 5.43 Å². The number of hydrogen-bond acceptors (Lipinski definition) is 5. The van der Waals surface area contributed by atoms with Gasteiger partial charge in [0, 0.05) is 18.4 Å². The fourth-order valence-corrected chi connectivity index (χ4v) is 3.54. The number of hydrogen-bond donors (Lipinski definition) is 1. The van der Waals surface area contributed by atoms with Gasteiger partial charge >= 0.3 is 0 Å². The molecule has 4 rings (SSSR count). The summed E-state index contributed by atoms with van der Waals surface area (Å²) in [5, 5.41) is 15.3. The molecule has 0 aliphatic heterocycles. The minimum atomic E-state index is -0.922. The zero-order chi connectivity index (χ0) is 21.6. The number of aliphatic hydroxyl groups is 1. The van der Waals surface area contributed by atoms with E-state index in [0.717, 1.165) is 5.56 Å². The Morgan fingerprint density at radius 1 is 1.06 bits per heavy atom. The van der Waals surface area contributed by atoms with E-state index in [2.05, 4.69) is 5.10 Å². The molecule has 0 spiro atoms. The van der Waals surface area contributed by atoms with E-state index in [1.165, 1.54) is 12.5 Å². The van der Waals surface area contributed by atoms with Crippen LogP contribution in [0.15, 0.2) is 88.4 Å². The van der Waals surface area contributed by atoms with Crippen molar-refractivity contribution in [1.82, 2.24) is 14.7 Å². The Labute approximate surface area is 179 Å². The van der Waals surface area contributed by atoms with Gasteiger partial charge in [-0.2, -0.15) is 5.10 Å². The number of carbonyl (C=O) groups excluding carboxylic acids is 1. The van der Waals surface area contributed by atoms with Gasteiger partial charge < -0.3 is 14.4 Å². The highest BCUT2D eigenvalue weighted by Gasteiger charge is 2.21. The van der Waals surface area contributed by atoms with E-state index in [1.54, 1.807) is 33.8 Å². The molecule has 31 heavy (non-hydrogen) atoms. The third kappa shape index (κ3) is 4.90. The van der Waals surface area contributed by atoms with Gasteiger partial charge in [0.15, 0.2) is 0 Å². The summed E-state index contributed by atoms with van der Waals surface area (Å²) in [5.74, 6) is 0.290. The molecule has 158 valence electrons. The summed E-state index contributed by atoms with van der Waals surface area (Å²) >= 11 is 0. The van der Waals surface area contributed by atoms with Gasteiger partial charge in [-0.1, -0.05) is 42.5 Å². The van der Waals surface area contributed by atoms with E-state index < -0.39 is 6.10 Å². The Morgan fingerprint density at radius 2 is 1.84 bits per heavy atom. The molecule has 7 heteroatoms. The van der Waals surface area contributed by atoms with Crippen LogP contribution in [0.3, 0.4) is 0 Å². The number of aryl methyl sites for hydroxylation is 1. The fourth-order valence-electron chi connectivity index (χ4n) is 3.54. The topological polar surface area (TPSA) is 88.6 Å². The van der Waals surface area contributed by atoms with Crippen LogP contribution in [0.4, 0.5) is 0 Å². The summed E-state index contributed by atoms with van der Waals surface area (Å²) in [6.45, 7) is 0.803. The predicted octanol–water partition coefficient (Wildman–Crippen LogP) is 3.14. The molecule has 0 saturated heterocycles. The monoisotopic (exact) mass is 417 g/mol. The molecule has 0 fully saturated rings. The SMILES string of the molecule is O=C(CCn1ncc(=O)c2ccccc21)N(Cc1ccccc1)CC(O)c1ccco1. The minimum absolute atomic E-state index is 0.111. The van der Waals surface area contributed by atoms with Gasteiger partial charge in [0.2, 0.25) is 11.3 Å². The van der Waals surface area contributed by atoms with Crippen molar-refractivity contribution in [2.24, 2.45) is 0 Å². The van der Waals surface area contributed by atoms with Gasteiger partial charge in [0.1, 0.15) is 11.9 Å².